The van der Waals surface area contributed by atoms with Gasteiger partial charge in [0, 0.05) is 37.5 Å². The number of rotatable bonds is 5. The summed E-state index contributed by atoms with van der Waals surface area (Å²) < 4.78 is 22.8. The van der Waals surface area contributed by atoms with Crippen molar-refractivity contribution in [1.82, 2.24) is 10.2 Å². The molecular weight excluding hydrogens is 260 g/mol. The van der Waals surface area contributed by atoms with E-state index in [1.807, 2.05) is 0 Å². The summed E-state index contributed by atoms with van der Waals surface area (Å²) in [4.78, 5) is 2.44. The average molecular weight is 288 g/mol. The van der Waals surface area contributed by atoms with Crippen molar-refractivity contribution in [2.24, 2.45) is 0 Å². The summed E-state index contributed by atoms with van der Waals surface area (Å²) >= 11 is 0. The van der Waals surface area contributed by atoms with Crippen molar-refractivity contribution in [3.63, 3.8) is 0 Å². The summed E-state index contributed by atoms with van der Waals surface area (Å²) in [6.07, 6.45) is 8.79. The fourth-order valence-corrected chi connectivity index (χ4v) is 4.15. The van der Waals surface area contributed by atoms with Crippen LogP contribution >= 0.6 is 0 Å². The molecule has 0 aromatic carbocycles. The maximum absolute atomic E-state index is 11.4. The summed E-state index contributed by atoms with van der Waals surface area (Å²) in [5.41, 5.74) is 0.280. The first kappa shape index (κ1) is 15.3. The van der Waals surface area contributed by atoms with Crippen LogP contribution in [0.25, 0.3) is 0 Å². The van der Waals surface area contributed by atoms with Gasteiger partial charge in [-0.25, -0.2) is 8.42 Å². The van der Waals surface area contributed by atoms with Gasteiger partial charge in [0.2, 0.25) is 0 Å². The van der Waals surface area contributed by atoms with E-state index in [-0.39, 0.29) is 5.54 Å². The third-order valence-corrected chi connectivity index (χ3v) is 5.59. The molecule has 4 nitrogen and oxygen atoms in total. The van der Waals surface area contributed by atoms with Crippen LogP contribution in [0, 0.1) is 0 Å². The monoisotopic (exact) mass is 288 g/mol. The number of nitrogens with zero attached hydrogens (tertiary/aromatic N) is 1. The van der Waals surface area contributed by atoms with Crippen LogP contribution in [0.3, 0.4) is 0 Å². The SMILES string of the molecule is CCCC1CNC2(CCCC2)CN1CCS(C)(=O)=O. The molecule has 1 spiro atoms. The Hall–Kier alpha value is -0.130. The fourth-order valence-electron chi connectivity index (χ4n) is 3.59. The van der Waals surface area contributed by atoms with Gasteiger partial charge in [-0.1, -0.05) is 26.2 Å². The van der Waals surface area contributed by atoms with E-state index in [0.29, 0.717) is 18.3 Å². The van der Waals surface area contributed by atoms with Gasteiger partial charge in [-0.05, 0) is 19.3 Å². The minimum Gasteiger partial charge on any atom is -0.308 e. The summed E-state index contributed by atoms with van der Waals surface area (Å²) in [7, 11) is -2.86. The van der Waals surface area contributed by atoms with E-state index in [0.717, 1.165) is 25.9 Å². The third kappa shape index (κ3) is 4.17. The van der Waals surface area contributed by atoms with E-state index in [9.17, 15) is 8.42 Å². The lowest BCUT2D eigenvalue weighted by Gasteiger charge is -2.46. The standard InChI is InChI=1S/C14H28N2O2S/c1-3-6-13-11-15-14(7-4-5-8-14)12-16(13)9-10-19(2,17)18/h13,15H,3-12H2,1-2H3. The van der Waals surface area contributed by atoms with E-state index in [1.165, 1.54) is 31.9 Å². The molecule has 1 saturated carbocycles. The zero-order chi connectivity index (χ0) is 13.9. The number of sulfone groups is 1. The van der Waals surface area contributed by atoms with Crippen molar-refractivity contribution in [3.05, 3.63) is 0 Å². The first-order chi connectivity index (χ1) is 8.94. The van der Waals surface area contributed by atoms with Crippen LogP contribution in [0.15, 0.2) is 0 Å². The summed E-state index contributed by atoms with van der Waals surface area (Å²) in [6.45, 7) is 4.96. The van der Waals surface area contributed by atoms with Crippen LogP contribution in [-0.2, 0) is 9.84 Å². The second-order valence-corrected chi connectivity index (χ2v) is 8.67. The first-order valence-corrected chi connectivity index (χ1v) is 9.67. The molecule has 0 radical (unpaired) electrons. The molecule has 0 aromatic rings. The van der Waals surface area contributed by atoms with Gasteiger partial charge in [-0.3, -0.25) is 4.90 Å². The van der Waals surface area contributed by atoms with Crippen molar-refractivity contribution < 1.29 is 8.42 Å². The normalized spacial score (nSPS) is 28.0. The van der Waals surface area contributed by atoms with E-state index >= 15 is 0 Å². The summed E-state index contributed by atoms with van der Waals surface area (Å²) in [5, 5.41) is 3.77. The summed E-state index contributed by atoms with van der Waals surface area (Å²) in [5.74, 6) is 0.295. The molecule has 1 saturated heterocycles. The Morgan fingerprint density at radius 1 is 1.32 bits per heavy atom. The van der Waals surface area contributed by atoms with Gasteiger partial charge in [-0.15, -0.1) is 0 Å². The lowest BCUT2D eigenvalue weighted by atomic mass is 9.91. The minimum atomic E-state index is -2.86. The Bertz CT molecular complexity index is 388. The highest BCUT2D eigenvalue weighted by Crippen LogP contribution is 2.33. The van der Waals surface area contributed by atoms with Crippen molar-refractivity contribution in [3.8, 4) is 0 Å². The fraction of sp³-hybridized carbons (Fsp3) is 1.00. The zero-order valence-corrected chi connectivity index (χ0v) is 13.1. The van der Waals surface area contributed by atoms with Gasteiger partial charge >= 0.3 is 0 Å². The predicted octanol–water partition coefficient (Wildman–Crippen LogP) is 1.42. The van der Waals surface area contributed by atoms with Crippen LogP contribution in [0.1, 0.15) is 45.4 Å². The molecule has 1 atom stereocenters. The summed E-state index contributed by atoms with van der Waals surface area (Å²) in [6, 6.07) is 0.512. The molecule has 1 aliphatic heterocycles. The van der Waals surface area contributed by atoms with E-state index in [1.54, 1.807) is 0 Å². The van der Waals surface area contributed by atoms with Crippen LogP contribution in [-0.4, -0.2) is 56.5 Å². The average Bonchev–Trinajstić information content (AvgIpc) is 2.77. The maximum Gasteiger partial charge on any atom is 0.148 e. The second-order valence-electron chi connectivity index (χ2n) is 6.41. The Balaban J connectivity index is 1.99. The largest absolute Gasteiger partial charge is 0.308 e. The molecular formula is C14H28N2O2S. The van der Waals surface area contributed by atoms with E-state index in [2.05, 4.69) is 17.1 Å². The molecule has 0 amide bonds. The van der Waals surface area contributed by atoms with E-state index < -0.39 is 9.84 Å². The van der Waals surface area contributed by atoms with Gasteiger partial charge in [0.1, 0.15) is 9.84 Å². The van der Waals surface area contributed by atoms with Crippen molar-refractivity contribution >= 4 is 9.84 Å². The van der Waals surface area contributed by atoms with Crippen molar-refractivity contribution in [2.75, 3.05) is 31.6 Å². The maximum atomic E-state index is 11.4. The van der Waals surface area contributed by atoms with E-state index in [4.69, 9.17) is 0 Å². The van der Waals surface area contributed by atoms with Crippen LogP contribution in [0.5, 0.6) is 0 Å². The van der Waals surface area contributed by atoms with Gasteiger partial charge < -0.3 is 5.32 Å². The van der Waals surface area contributed by atoms with Crippen molar-refractivity contribution in [2.45, 2.75) is 57.0 Å². The van der Waals surface area contributed by atoms with Crippen LogP contribution < -0.4 is 5.32 Å². The molecule has 2 rings (SSSR count). The lowest BCUT2D eigenvalue weighted by Crippen LogP contribution is -2.63. The molecule has 5 heteroatoms. The Labute approximate surface area is 117 Å². The lowest BCUT2D eigenvalue weighted by molar-refractivity contribution is 0.0811. The Morgan fingerprint density at radius 2 is 2.00 bits per heavy atom. The van der Waals surface area contributed by atoms with Gasteiger partial charge in [0.05, 0.1) is 5.75 Å². The number of piperazine rings is 1. The second kappa shape index (κ2) is 6.10. The smallest absolute Gasteiger partial charge is 0.148 e. The molecule has 2 aliphatic rings. The molecule has 1 unspecified atom stereocenters. The number of nitrogens with one attached hydrogen (secondary N) is 1. The molecule has 1 aliphatic carbocycles. The first-order valence-electron chi connectivity index (χ1n) is 7.61. The molecule has 1 N–H and O–H groups in total. The molecule has 0 bridgehead atoms. The predicted molar refractivity (Wildman–Crippen MR) is 79.2 cm³/mol. The highest BCUT2D eigenvalue weighted by molar-refractivity contribution is 7.90. The third-order valence-electron chi connectivity index (χ3n) is 4.67. The van der Waals surface area contributed by atoms with Crippen LogP contribution in [0.4, 0.5) is 0 Å². The molecule has 112 valence electrons. The Morgan fingerprint density at radius 3 is 2.58 bits per heavy atom. The topological polar surface area (TPSA) is 49.4 Å². The van der Waals surface area contributed by atoms with Gasteiger partial charge in [0.15, 0.2) is 0 Å². The highest BCUT2D eigenvalue weighted by Gasteiger charge is 2.40. The Kier molecular flexibility index (Phi) is 4.90. The molecule has 19 heavy (non-hydrogen) atoms. The zero-order valence-electron chi connectivity index (χ0n) is 12.3. The molecule has 1 heterocycles. The molecule has 0 aromatic heterocycles. The highest BCUT2D eigenvalue weighted by atomic mass is 32.2. The quantitative estimate of drug-likeness (QED) is 0.831. The van der Waals surface area contributed by atoms with Gasteiger partial charge in [0.25, 0.3) is 0 Å². The molecule has 2 fully saturated rings. The number of hydrogen-bond donors (Lipinski definition) is 1. The van der Waals surface area contributed by atoms with Gasteiger partial charge in [-0.2, -0.15) is 0 Å². The van der Waals surface area contributed by atoms with Crippen molar-refractivity contribution in [1.29, 1.82) is 0 Å². The van der Waals surface area contributed by atoms with Crippen LogP contribution in [0.2, 0.25) is 0 Å². The number of hydrogen-bond acceptors (Lipinski definition) is 4. The minimum absolute atomic E-state index is 0.280.